The number of carboxylic acid groups (broad SMARTS) is 1. The van der Waals surface area contributed by atoms with Crippen LogP contribution in [0.1, 0.15) is 47.0 Å². The predicted octanol–water partition coefficient (Wildman–Crippen LogP) is 2.44. The molecule has 1 heterocycles. The topological polar surface area (TPSA) is 107 Å². The second-order valence-corrected chi connectivity index (χ2v) is 8.82. The Morgan fingerprint density at radius 2 is 1.89 bits per heavy atom. The molecule has 3 aliphatic rings. The van der Waals surface area contributed by atoms with Crippen LogP contribution in [0.4, 0.5) is 0 Å². The van der Waals surface area contributed by atoms with Gasteiger partial charge in [-0.1, -0.05) is 34.1 Å². The first-order valence-corrected chi connectivity index (χ1v) is 9.52. The number of carboxylic acids is 1. The summed E-state index contributed by atoms with van der Waals surface area (Å²) in [4.78, 5) is 50.7. The van der Waals surface area contributed by atoms with Crippen LogP contribution in [0.2, 0.25) is 0 Å². The first-order chi connectivity index (χ1) is 13.0. The maximum Gasteiger partial charge on any atom is 0.334 e. The van der Waals surface area contributed by atoms with E-state index < -0.39 is 46.5 Å². The van der Waals surface area contributed by atoms with Gasteiger partial charge >= 0.3 is 17.9 Å². The Hall–Kier alpha value is -2.44. The zero-order valence-corrected chi connectivity index (χ0v) is 16.8. The number of hydrogen-bond donors (Lipinski definition) is 1. The standard InChI is InChI=1S/C21H26O7/c1-10(2)11(18(25)27-5)9-12-13(17(23)24)21-8-6-7-20(3,4)16(21)15(14(12)22)28-19(21)26/h9-10,15-16H,6-8H2,1-5H3,(H,23,24). The van der Waals surface area contributed by atoms with Crippen LogP contribution in [0, 0.1) is 22.7 Å². The zero-order chi connectivity index (χ0) is 21.0. The lowest BCUT2D eigenvalue weighted by molar-refractivity contribution is -0.151. The van der Waals surface area contributed by atoms with Crippen molar-refractivity contribution in [1.29, 1.82) is 0 Å². The van der Waals surface area contributed by atoms with E-state index in [0.29, 0.717) is 12.8 Å². The minimum absolute atomic E-state index is 0.119. The SMILES string of the molecule is COC(=O)C(=CC1=C(C(=O)O)C23CCCC(C)(C)C2C(OC3=O)C1=O)C(C)C. The molecule has 1 saturated carbocycles. The Morgan fingerprint density at radius 1 is 1.25 bits per heavy atom. The lowest BCUT2D eigenvalue weighted by atomic mass is 9.49. The first-order valence-electron chi connectivity index (χ1n) is 9.52. The van der Waals surface area contributed by atoms with E-state index in [2.05, 4.69) is 0 Å². The summed E-state index contributed by atoms with van der Waals surface area (Å²) >= 11 is 0. The minimum atomic E-state index is -1.36. The lowest BCUT2D eigenvalue weighted by Gasteiger charge is -2.49. The Morgan fingerprint density at radius 3 is 2.43 bits per heavy atom. The third kappa shape index (κ3) is 2.63. The highest BCUT2D eigenvalue weighted by Gasteiger charge is 2.71. The van der Waals surface area contributed by atoms with E-state index in [-0.39, 0.29) is 22.6 Å². The molecular weight excluding hydrogens is 364 g/mol. The molecule has 7 heteroatoms. The van der Waals surface area contributed by atoms with Crippen molar-refractivity contribution in [3.63, 3.8) is 0 Å². The highest BCUT2D eigenvalue weighted by Crippen LogP contribution is 2.63. The maximum absolute atomic E-state index is 13.3. The van der Waals surface area contributed by atoms with Gasteiger partial charge in [0, 0.05) is 17.1 Å². The summed E-state index contributed by atoms with van der Waals surface area (Å²) in [6.45, 7) is 7.39. The summed E-state index contributed by atoms with van der Waals surface area (Å²) in [5.41, 5.74) is -1.97. The molecule has 2 fully saturated rings. The van der Waals surface area contributed by atoms with E-state index in [9.17, 15) is 24.3 Å². The number of aliphatic carboxylic acids is 1. The molecule has 0 aromatic heterocycles. The molecule has 2 bridgehead atoms. The number of esters is 2. The van der Waals surface area contributed by atoms with Crippen LogP contribution < -0.4 is 0 Å². The summed E-state index contributed by atoms with van der Waals surface area (Å²) in [7, 11) is 1.22. The fraction of sp³-hybridized carbons (Fsp3) is 0.619. The molecule has 0 radical (unpaired) electrons. The van der Waals surface area contributed by atoms with Crippen LogP contribution >= 0.6 is 0 Å². The first kappa shape index (κ1) is 20.3. The molecule has 0 aromatic rings. The molecule has 28 heavy (non-hydrogen) atoms. The van der Waals surface area contributed by atoms with Gasteiger partial charge in [-0.25, -0.2) is 9.59 Å². The van der Waals surface area contributed by atoms with E-state index >= 15 is 0 Å². The van der Waals surface area contributed by atoms with Gasteiger partial charge in [-0.05, 0) is 30.3 Å². The van der Waals surface area contributed by atoms with Crippen molar-refractivity contribution >= 4 is 23.7 Å². The molecule has 1 saturated heterocycles. The molecule has 3 atom stereocenters. The number of methoxy groups -OCH3 is 1. The van der Waals surface area contributed by atoms with E-state index in [4.69, 9.17) is 9.47 Å². The number of ether oxygens (including phenoxy) is 2. The average Bonchev–Trinajstić information content (AvgIpc) is 2.86. The number of hydrogen-bond acceptors (Lipinski definition) is 6. The van der Waals surface area contributed by atoms with E-state index in [0.717, 1.165) is 6.42 Å². The summed E-state index contributed by atoms with van der Waals surface area (Å²) in [6.07, 6.45) is 2.01. The Bertz CT molecular complexity index is 830. The normalized spacial score (nSPS) is 31.6. The van der Waals surface area contributed by atoms with Crippen molar-refractivity contribution in [2.24, 2.45) is 22.7 Å². The van der Waals surface area contributed by atoms with Crippen molar-refractivity contribution in [2.45, 2.75) is 53.1 Å². The van der Waals surface area contributed by atoms with Gasteiger partial charge in [0.05, 0.1) is 12.7 Å². The van der Waals surface area contributed by atoms with Crippen molar-refractivity contribution < 1.29 is 33.8 Å². The highest BCUT2D eigenvalue weighted by atomic mass is 16.6. The molecule has 7 nitrogen and oxygen atoms in total. The van der Waals surface area contributed by atoms with Gasteiger partial charge in [0.15, 0.2) is 6.10 Å². The second-order valence-electron chi connectivity index (χ2n) is 8.82. The Balaban J connectivity index is 2.33. The van der Waals surface area contributed by atoms with Crippen LogP contribution in [0.15, 0.2) is 22.8 Å². The average molecular weight is 390 g/mol. The van der Waals surface area contributed by atoms with E-state index in [1.54, 1.807) is 13.8 Å². The molecule has 3 unspecified atom stereocenters. The monoisotopic (exact) mass is 390 g/mol. The fourth-order valence-corrected chi connectivity index (χ4v) is 5.27. The molecule has 1 aliphatic heterocycles. The zero-order valence-electron chi connectivity index (χ0n) is 16.8. The smallest absolute Gasteiger partial charge is 0.334 e. The molecule has 1 N–H and O–H groups in total. The molecule has 3 rings (SSSR count). The predicted molar refractivity (Wildman–Crippen MR) is 98.0 cm³/mol. The molecule has 0 amide bonds. The van der Waals surface area contributed by atoms with Crippen LogP contribution in [0.3, 0.4) is 0 Å². The van der Waals surface area contributed by atoms with Crippen molar-refractivity contribution in [1.82, 2.24) is 0 Å². The summed E-state index contributed by atoms with van der Waals surface area (Å²) in [5.74, 6) is -3.99. The van der Waals surface area contributed by atoms with Gasteiger partial charge < -0.3 is 14.6 Å². The molecule has 0 spiro atoms. The van der Waals surface area contributed by atoms with Crippen LogP contribution in [0.5, 0.6) is 0 Å². The molecule has 0 aromatic carbocycles. The van der Waals surface area contributed by atoms with Crippen LogP contribution in [-0.2, 0) is 28.7 Å². The van der Waals surface area contributed by atoms with Crippen LogP contribution in [0.25, 0.3) is 0 Å². The highest BCUT2D eigenvalue weighted by molar-refractivity contribution is 6.16. The molecule has 2 aliphatic carbocycles. The third-order valence-electron chi connectivity index (χ3n) is 6.46. The fourth-order valence-electron chi connectivity index (χ4n) is 5.27. The van der Waals surface area contributed by atoms with E-state index in [1.165, 1.54) is 13.2 Å². The van der Waals surface area contributed by atoms with Crippen LogP contribution in [-0.4, -0.2) is 42.0 Å². The van der Waals surface area contributed by atoms with Gasteiger partial charge in [0.1, 0.15) is 5.41 Å². The largest absolute Gasteiger partial charge is 0.478 e. The molecule has 152 valence electrons. The van der Waals surface area contributed by atoms with Crippen molar-refractivity contribution in [3.8, 4) is 0 Å². The number of allylic oxidation sites excluding steroid dienone is 1. The van der Waals surface area contributed by atoms with Gasteiger partial charge in [-0.15, -0.1) is 0 Å². The second kappa shape index (κ2) is 6.57. The van der Waals surface area contributed by atoms with Gasteiger partial charge in [-0.2, -0.15) is 0 Å². The maximum atomic E-state index is 13.3. The number of Topliss-reactive ketones (excluding diaryl/α,β-unsaturated/α-hetero) is 1. The lowest BCUT2D eigenvalue weighted by Crippen LogP contribution is -2.54. The summed E-state index contributed by atoms with van der Waals surface area (Å²) in [6, 6.07) is 0. The van der Waals surface area contributed by atoms with E-state index in [1.807, 2.05) is 13.8 Å². The Labute approximate surface area is 163 Å². The van der Waals surface area contributed by atoms with Crippen molar-refractivity contribution in [2.75, 3.05) is 7.11 Å². The molecular formula is C21H26O7. The Kier molecular flexibility index (Phi) is 4.76. The third-order valence-corrected chi connectivity index (χ3v) is 6.46. The summed E-state index contributed by atoms with van der Waals surface area (Å²) < 4.78 is 10.3. The van der Waals surface area contributed by atoms with Gasteiger partial charge in [0.2, 0.25) is 5.78 Å². The van der Waals surface area contributed by atoms with Gasteiger partial charge in [0.25, 0.3) is 0 Å². The number of ketones is 1. The van der Waals surface area contributed by atoms with Crippen molar-refractivity contribution in [3.05, 3.63) is 22.8 Å². The number of carbonyl (C=O) groups excluding carboxylic acids is 3. The number of carbonyl (C=O) groups is 4. The van der Waals surface area contributed by atoms with Gasteiger partial charge in [-0.3, -0.25) is 9.59 Å². The number of rotatable bonds is 4. The quantitative estimate of drug-likeness (QED) is 0.580. The summed E-state index contributed by atoms with van der Waals surface area (Å²) in [5, 5.41) is 10.1. The minimum Gasteiger partial charge on any atom is -0.478 e.